The molecule has 1 aliphatic heterocycles. The van der Waals surface area contributed by atoms with Crippen molar-refractivity contribution in [3.05, 3.63) is 60.8 Å². The first kappa shape index (κ1) is 15.4. The first-order valence-electron chi connectivity index (χ1n) is 8.41. The Bertz CT molecular complexity index is 817. The first-order valence-corrected chi connectivity index (χ1v) is 8.41. The van der Waals surface area contributed by atoms with Crippen LogP contribution < -0.4 is 15.0 Å². The van der Waals surface area contributed by atoms with Crippen molar-refractivity contribution < 1.29 is 4.74 Å². The van der Waals surface area contributed by atoms with E-state index in [4.69, 9.17) is 4.74 Å². The summed E-state index contributed by atoms with van der Waals surface area (Å²) in [6.07, 6.45) is 4.00. The van der Waals surface area contributed by atoms with Gasteiger partial charge >= 0.3 is 0 Å². The van der Waals surface area contributed by atoms with Crippen molar-refractivity contribution in [1.82, 2.24) is 15.2 Å². The van der Waals surface area contributed by atoms with E-state index < -0.39 is 0 Å². The van der Waals surface area contributed by atoms with Crippen LogP contribution in [0.25, 0.3) is 0 Å². The zero-order chi connectivity index (χ0) is 16.9. The van der Waals surface area contributed by atoms with Crippen molar-refractivity contribution in [3.8, 4) is 11.5 Å². The zero-order valence-electron chi connectivity index (χ0n) is 13.8. The molecule has 0 aliphatic carbocycles. The van der Waals surface area contributed by atoms with Gasteiger partial charge in [0.2, 0.25) is 5.95 Å². The lowest BCUT2D eigenvalue weighted by molar-refractivity contribution is 0.483. The van der Waals surface area contributed by atoms with Gasteiger partial charge in [-0.05, 0) is 49.2 Å². The van der Waals surface area contributed by atoms with Gasteiger partial charge in [0.05, 0.1) is 6.20 Å². The van der Waals surface area contributed by atoms with Crippen molar-refractivity contribution >= 4 is 17.5 Å². The fraction of sp³-hybridized carbons (Fsp3) is 0.211. The molecule has 1 aliphatic rings. The Hall–Kier alpha value is -3.15. The Balaban J connectivity index is 1.43. The number of hydrogen-bond donors (Lipinski definition) is 1. The van der Waals surface area contributed by atoms with E-state index in [9.17, 15) is 0 Å². The predicted octanol–water partition coefficient (Wildman–Crippen LogP) is 4.01. The Kier molecular flexibility index (Phi) is 4.41. The molecule has 0 spiro atoms. The van der Waals surface area contributed by atoms with Gasteiger partial charge in [-0.3, -0.25) is 0 Å². The van der Waals surface area contributed by atoms with Crippen LogP contribution >= 0.6 is 0 Å². The third kappa shape index (κ3) is 3.85. The second-order valence-corrected chi connectivity index (χ2v) is 5.90. The predicted molar refractivity (Wildman–Crippen MR) is 97.5 cm³/mol. The van der Waals surface area contributed by atoms with Gasteiger partial charge in [-0.1, -0.05) is 18.2 Å². The second kappa shape index (κ2) is 7.17. The average molecular weight is 333 g/mol. The van der Waals surface area contributed by atoms with E-state index in [1.807, 2.05) is 54.6 Å². The van der Waals surface area contributed by atoms with E-state index in [1.165, 1.54) is 12.8 Å². The van der Waals surface area contributed by atoms with Gasteiger partial charge < -0.3 is 15.0 Å². The third-order valence-corrected chi connectivity index (χ3v) is 4.04. The average Bonchev–Trinajstić information content (AvgIpc) is 3.19. The number of aromatic nitrogens is 3. The van der Waals surface area contributed by atoms with Crippen molar-refractivity contribution in [3.63, 3.8) is 0 Å². The number of para-hydroxylation sites is 1. The number of nitrogens with zero attached hydrogens (tertiary/aromatic N) is 4. The fourth-order valence-corrected chi connectivity index (χ4v) is 2.78. The smallest absolute Gasteiger partial charge is 0.247 e. The van der Waals surface area contributed by atoms with Gasteiger partial charge in [-0.25, -0.2) is 0 Å². The van der Waals surface area contributed by atoms with E-state index in [0.29, 0.717) is 11.8 Å². The van der Waals surface area contributed by atoms with Crippen LogP contribution in [-0.2, 0) is 0 Å². The molecule has 4 rings (SSSR count). The van der Waals surface area contributed by atoms with Crippen molar-refractivity contribution in [2.24, 2.45) is 0 Å². The molecule has 3 aromatic rings. The standard InChI is InChI=1S/C19H19N5O/c1-2-6-16(7-3-1)25-17-10-8-15(9-11-17)21-18-14-20-23-19(22-18)24-12-4-5-13-24/h1-3,6-11,14H,4-5,12-13H2,(H,21,22,23). The largest absolute Gasteiger partial charge is 0.457 e. The van der Waals surface area contributed by atoms with Crippen LogP contribution in [0.2, 0.25) is 0 Å². The highest BCUT2D eigenvalue weighted by molar-refractivity contribution is 5.57. The topological polar surface area (TPSA) is 63.2 Å². The molecule has 1 fully saturated rings. The summed E-state index contributed by atoms with van der Waals surface area (Å²) in [4.78, 5) is 6.71. The molecule has 0 radical (unpaired) electrons. The lowest BCUT2D eigenvalue weighted by atomic mass is 10.3. The summed E-state index contributed by atoms with van der Waals surface area (Å²) in [5, 5.41) is 11.4. The first-order chi connectivity index (χ1) is 12.4. The van der Waals surface area contributed by atoms with E-state index >= 15 is 0 Å². The van der Waals surface area contributed by atoms with E-state index in [2.05, 4.69) is 25.4 Å². The number of rotatable bonds is 5. The van der Waals surface area contributed by atoms with Crippen molar-refractivity contribution in [2.45, 2.75) is 12.8 Å². The molecule has 6 heteroatoms. The molecule has 0 bridgehead atoms. The van der Waals surface area contributed by atoms with Gasteiger partial charge in [-0.2, -0.15) is 10.1 Å². The van der Waals surface area contributed by atoms with Gasteiger partial charge in [0.15, 0.2) is 5.82 Å². The van der Waals surface area contributed by atoms with Gasteiger partial charge in [0.1, 0.15) is 11.5 Å². The van der Waals surface area contributed by atoms with Crippen LogP contribution in [0.3, 0.4) is 0 Å². The summed E-state index contributed by atoms with van der Waals surface area (Å²) >= 11 is 0. The van der Waals surface area contributed by atoms with Crippen molar-refractivity contribution in [1.29, 1.82) is 0 Å². The van der Waals surface area contributed by atoms with E-state index in [0.717, 1.165) is 30.3 Å². The second-order valence-electron chi connectivity index (χ2n) is 5.90. The molecule has 1 saturated heterocycles. The molecular formula is C19H19N5O. The minimum absolute atomic E-state index is 0.687. The molecule has 6 nitrogen and oxygen atoms in total. The Morgan fingerprint density at radius 1 is 0.880 bits per heavy atom. The Morgan fingerprint density at radius 3 is 2.36 bits per heavy atom. The molecule has 126 valence electrons. The van der Waals surface area contributed by atoms with Gasteiger partial charge in [-0.15, -0.1) is 5.10 Å². The summed E-state index contributed by atoms with van der Waals surface area (Å²) in [6.45, 7) is 1.99. The number of nitrogens with one attached hydrogen (secondary N) is 1. The van der Waals surface area contributed by atoms with Crippen LogP contribution in [0.15, 0.2) is 60.8 Å². The summed E-state index contributed by atoms with van der Waals surface area (Å²) in [6, 6.07) is 17.5. The highest BCUT2D eigenvalue weighted by atomic mass is 16.5. The SMILES string of the molecule is c1ccc(Oc2ccc(Nc3cnnc(N4CCCC4)n3)cc2)cc1. The monoisotopic (exact) mass is 333 g/mol. The summed E-state index contributed by atoms with van der Waals surface area (Å²) < 4.78 is 5.80. The normalized spacial score (nSPS) is 13.7. The summed E-state index contributed by atoms with van der Waals surface area (Å²) in [7, 11) is 0. The van der Waals surface area contributed by atoms with Crippen LogP contribution in [0, 0.1) is 0 Å². The zero-order valence-corrected chi connectivity index (χ0v) is 13.8. The molecule has 1 N–H and O–H groups in total. The van der Waals surface area contributed by atoms with E-state index in [-0.39, 0.29) is 0 Å². The molecule has 1 aromatic heterocycles. The molecule has 2 aromatic carbocycles. The Labute approximate surface area is 146 Å². The minimum atomic E-state index is 0.687. The maximum absolute atomic E-state index is 5.80. The lowest BCUT2D eigenvalue weighted by Gasteiger charge is -2.15. The molecule has 0 saturated carbocycles. The minimum Gasteiger partial charge on any atom is -0.457 e. The third-order valence-electron chi connectivity index (χ3n) is 4.04. The highest BCUT2D eigenvalue weighted by Gasteiger charge is 2.15. The maximum atomic E-state index is 5.80. The summed E-state index contributed by atoms with van der Waals surface area (Å²) in [5.41, 5.74) is 0.924. The lowest BCUT2D eigenvalue weighted by Crippen LogP contribution is -2.21. The van der Waals surface area contributed by atoms with Crippen LogP contribution in [0.4, 0.5) is 17.5 Å². The maximum Gasteiger partial charge on any atom is 0.247 e. The number of ether oxygens (including phenoxy) is 1. The van der Waals surface area contributed by atoms with E-state index in [1.54, 1.807) is 6.20 Å². The summed E-state index contributed by atoms with van der Waals surface area (Å²) in [5.74, 6) is 2.98. The molecular weight excluding hydrogens is 314 g/mol. The molecule has 2 heterocycles. The van der Waals surface area contributed by atoms with Crippen molar-refractivity contribution in [2.75, 3.05) is 23.3 Å². The molecule has 25 heavy (non-hydrogen) atoms. The van der Waals surface area contributed by atoms with Gasteiger partial charge in [0, 0.05) is 18.8 Å². The van der Waals surface area contributed by atoms with Crippen LogP contribution in [0.1, 0.15) is 12.8 Å². The quantitative estimate of drug-likeness (QED) is 0.761. The number of benzene rings is 2. The van der Waals surface area contributed by atoms with Crippen LogP contribution in [0.5, 0.6) is 11.5 Å². The Morgan fingerprint density at radius 2 is 1.60 bits per heavy atom. The van der Waals surface area contributed by atoms with Crippen LogP contribution in [-0.4, -0.2) is 28.3 Å². The van der Waals surface area contributed by atoms with Gasteiger partial charge in [0.25, 0.3) is 0 Å². The fourth-order valence-electron chi connectivity index (χ4n) is 2.78. The highest BCUT2D eigenvalue weighted by Crippen LogP contribution is 2.24. The molecule has 0 atom stereocenters. The molecule has 0 amide bonds. The molecule has 0 unspecified atom stereocenters. The number of hydrogen-bond acceptors (Lipinski definition) is 6. The number of anilines is 3.